The first kappa shape index (κ1) is 18.5. The minimum atomic E-state index is -0.457. The number of carbonyl (C=O) groups is 2. The smallest absolute Gasteiger partial charge is 0.407 e. The van der Waals surface area contributed by atoms with Crippen LogP contribution in [0.4, 0.5) is 4.79 Å². The molecule has 0 radical (unpaired) electrons. The van der Waals surface area contributed by atoms with Crippen LogP contribution in [-0.2, 0) is 9.53 Å². The maximum atomic E-state index is 11.9. The molecule has 0 aromatic heterocycles. The van der Waals surface area contributed by atoms with Gasteiger partial charge in [-0.15, -0.1) is 0 Å². The predicted molar refractivity (Wildman–Crippen MR) is 87.7 cm³/mol. The molecule has 1 N–H and O–H groups in total. The first-order chi connectivity index (χ1) is 10.4. The Kier molecular flexibility index (Phi) is 7.99. The maximum Gasteiger partial charge on any atom is 0.407 e. The van der Waals surface area contributed by atoms with Crippen molar-refractivity contribution in [2.24, 2.45) is 0 Å². The van der Waals surface area contributed by atoms with Crippen LogP contribution >= 0.6 is 0 Å². The lowest BCUT2D eigenvalue weighted by Crippen LogP contribution is -2.34. The number of ether oxygens (including phenoxy) is 1. The van der Waals surface area contributed by atoms with Gasteiger partial charge >= 0.3 is 6.09 Å². The Bertz CT molecular complexity index is 380. The van der Waals surface area contributed by atoms with Gasteiger partial charge in [0, 0.05) is 19.6 Å². The summed E-state index contributed by atoms with van der Waals surface area (Å²) in [5.74, 6) is 0.131. The van der Waals surface area contributed by atoms with E-state index in [-0.39, 0.29) is 12.0 Å². The van der Waals surface area contributed by atoms with Crippen molar-refractivity contribution >= 4 is 12.0 Å². The van der Waals surface area contributed by atoms with Gasteiger partial charge in [0.05, 0.1) is 0 Å². The minimum Gasteiger partial charge on any atom is -0.444 e. The fourth-order valence-electron chi connectivity index (χ4n) is 2.30. The van der Waals surface area contributed by atoms with Crippen molar-refractivity contribution in [3.8, 4) is 0 Å². The van der Waals surface area contributed by atoms with Gasteiger partial charge in [0.25, 0.3) is 0 Å². The number of alkyl carbamates (subject to hydrolysis) is 1. The Labute approximate surface area is 134 Å². The first-order valence-corrected chi connectivity index (χ1v) is 8.31. The van der Waals surface area contributed by atoms with Crippen LogP contribution < -0.4 is 5.32 Å². The molecule has 1 saturated heterocycles. The van der Waals surface area contributed by atoms with Crippen LogP contribution in [0.2, 0.25) is 0 Å². The molecule has 0 aliphatic carbocycles. The Hall–Kier alpha value is -1.52. The highest BCUT2D eigenvalue weighted by Gasteiger charge is 2.15. The molecule has 0 saturated carbocycles. The first-order valence-electron chi connectivity index (χ1n) is 8.31. The molecule has 5 heteroatoms. The van der Waals surface area contributed by atoms with E-state index in [0.29, 0.717) is 6.54 Å². The van der Waals surface area contributed by atoms with Gasteiger partial charge in [0.15, 0.2) is 0 Å². The van der Waals surface area contributed by atoms with Crippen molar-refractivity contribution in [3.63, 3.8) is 0 Å². The van der Waals surface area contributed by atoms with Crippen molar-refractivity contribution in [1.82, 2.24) is 10.2 Å². The third kappa shape index (κ3) is 8.70. The van der Waals surface area contributed by atoms with Gasteiger partial charge in [0.1, 0.15) is 5.60 Å². The average molecular weight is 310 g/mol. The van der Waals surface area contributed by atoms with Crippen molar-refractivity contribution in [3.05, 3.63) is 12.2 Å². The van der Waals surface area contributed by atoms with Crippen molar-refractivity contribution in [1.29, 1.82) is 0 Å². The number of nitrogens with one attached hydrogen (secondary N) is 1. The highest BCUT2D eigenvalue weighted by atomic mass is 16.6. The number of amides is 2. The molecule has 2 amide bonds. The van der Waals surface area contributed by atoms with E-state index in [9.17, 15) is 9.59 Å². The van der Waals surface area contributed by atoms with E-state index in [1.807, 2.05) is 31.7 Å². The van der Waals surface area contributed by atoms with Crippen LogP contribution in [0, 0.1) is 0 Å². The number of nitrogens with zero attached hydrogens (tertiary/aromatic N) is 1. The third-order valence-electron chi connectivity index (χ3n) is 3.39. The molecule has 5 nitrogen and oxygen atoms in total. The molecule has 22 heavy (non-hydrogen) atoms. The Morgan fingerprint density at radius 3 is 2.45 bits per heavy atom. The van der Waals surface area contributed by atoms with Gasteiger partial charge in [-0.05, 0) is 65.4 Å². The van der Waals surface area contributed by atoms with Gasteiger partial charge in [-0.1, -0.05) is 6.08 Å². The minimum absolute atomic E-state index is 0.131. The summed E-state index contributed by atoms with van der Waals surface area (Å²) in [6, 6.07) is 0. The van der Waals surface area contributed by atoms with Gasteiger partial charge in [0.2, 0.25) is 5.91 Å². The van der Waals surface area contributed by atoms with Crippen molar-refractivity contribution in [2.45, 2.75) is 64.9 Å². The molecule has 0 aromatic carbocycles. The van der Waals surface area contributed by atoms with Gasteiger partial charge in [-0.25, -0.2) is 4.79 Å². The lowest BCUT2D eigenvalue weighted by atomic mass is 10.1. The summed E-state index contributed by atoms with van der Waals surface area (Å²) >= 11 is 0. The molecule has 1 fully saturated rings. The normalized spacial score (nSPS) is 15.9. The highest BCUT2D eigenvalue weighted by Crippen LogP contribution is 2.09. The van der Waals surface area contributed by atoms with Crippen LogP contribution in [0.15, 0.2) is 12.2 Å². The lowest BCUT2D eigenvalue weighted by Gasteiger charge is -2.25. The molecular weight excluding hydrogens is 280 g/mol. The van der Waals surface area contributed by atoms with Crippen LogP contribution in [-0.4, -0.2) is 42.1 Å². The summed E-state index contributed by atoms with van der Waals surface area (Å²) in [6.45, 7) is 7.92. The maximum absolute atomic E-state index is 11.9. The largest absolute Gasteiger partial charge is 0.444 e. The molecule has 1 aliphatic rings. The quantitative estimate of drug-likeness (QED) is 0.605. The highest BCUT2D eigenvalue weighted by molar-refractivity contribution is 5.87. The molecular formula is C17H30N2O3. The van der Waals surface area contributed by atoms with E-state index in [2.05, 4.69) is 5.32 Å². The van der Waals surface area contributed by atoms with E-state index in [0.717, 1.165) is 45.2 Å². The average Bonchev–Trinajstić information content (AvgIpc) is 2.45. The number of piperidine rings is 1. The second-order valence-electron chi connectivity index (χ2n) is 6.71. The molecule has 0 spiro atoms. The molecule has 0 aromatic rings. The summed E-state index contributed by atoms with van der Waals surface area (Å²) < 4.78 is 5.15. The zero-order chi connectivity index (χ0) is 16.4. The van der Waals surface area contributed by atoms with E-state index in [1.165, 1.54) is 6.42 Å². The number of hydrogen-bond acceptors (Lipinski definition) is 3. The molecule has 1 rings (SSSR count). The van der Waals surface area contributed by atoms with Gasteiger partial charge in [-0.3, -0.25) is 4.79 Å². The standard InChI is InChI=1S/C17H30N2O3/c1-17(2,3)22-16(21)18-12-8-5-4-7-11-15(20)19-13-9-6-10-14-19/h7,11H,4-6,8-10,12-14H2,1-3H3,(H,18,21)/b11-7+. The zero-order valence-corrected chi connectivity index (χ0v) is 14.2. The fraction of sp³-hybridized carbons (Fsp3) is 0.765. The van der Waals surface area contributed by atoms with Crippen LogP contribution in [0.5, 0.6) is 0 Å². The van der Waals surface area contributed by atoms with Gasteiger partial charge < -0.3 is 15.0 Å². The van der Waals surface area contributed by atoms with E-state index in [4.69, 9.17) is 4.74 Å². The second kappa shape index (κ2) is 9.49. The number of allylic oxidation sites excluding steroid dienone is 1. The summed E-state index contributed by atoms with van der Waals surface area (Å²) in [5, 5.41) is 2.73. The van der Waals surface area contributed by atoms with Crippen molar-refractivity contribution < 1.29 is 14.3 Å². The Morgan fingerprint density at radius 1 is 1.14 bits per heavy atom. The van der Waals surface area contributed by atoms with Crippen LogP contribution in [0.25, 0.3) is 0 Å². The summed E-state index contributed by atoms with van der Waals surface area (Å²) in [4.78, 5) is 25.2. The number of carbonyl (C=O) groups excluding carboxylic acids is 2. The monoisotopic (exact) mass is 310 g/mol. The summed E-state index contributed by atoms with van der Waals surface area (Å²) in [6.07, 6.45) is 9.40. The molecule has 0 bridgehead atoms. The van der Waals surface area contributed by atoms with Crippen molar-refractivity contribution in [2.75, 3.05) is 19.6 Å². The number of rotatable bonds is 6. The summed E-state index contributed by atoms with van der Waals surface area (Å²) in [5.41, 5.74) is -0.457. The van der Waals surface area contributed by atoms with Crippen LogP contribution in [0.3, 0.4) is 0 Å². The second-order valence-corrected chi connectivity index (χ2v) is 6.71. The zero-order valence-electron chi connectivity index (χ0n) is 14.2. The van der Waals surface area contributed by atoms with E-state index in [1.54, 1.807) is 6.08 Å². The fourth-order valence-corrected chi connectivity index (χ4v) is 2.30. The predicted octanol–water partition coefficient (Wildman–Crippen LogP) is 3.25. The topological polar surface area (TPSA) is 58.6 Å². The Balaban J connectivity index is 2.04. The molecule has 126 valence electrons. The summed E-state index contributed by atoms with van der Waals surface area (Å²) in [7, 11) is 0. The van der Waals surface area contributed by atoms with E-state index < -0.39 is 5.60 Å². The van der Waals surface area contributed by atoms with Gasteiger partial charge in [-0.2, -0.15) is 0 Å². The molecule has 1 heterocycles. The third-order valence-corrected chi connectivity index (χ3v) is 3.39. The lowest BCUT2D eigenvalue weighted by molar-refractivity contribution is -0.126. The van der Waals surface area contributed by atoms with E-state index >= 15 is 0 Å². The number of hydrogen-bond donors (Lipinski definition) is 1. The number of unbranched alkanes of at least 4 members (excludes halogenated alkanes) is 2. The molecule has 0 unspecified atom stereocenters. The SMILES string of the molecule is CC(C)(C)OC(=O)NCCCC/C=C/C(=O)N1CCCCC1. The number of likely N-dealkylation sites (tertiary alicyclic amines) is 1. The molecule has 0 atom stereocenters. The molecule has 1 aliphatic heterocycles. The van der Waals surface area contributed by atoms with Crippen LogP contribution in [0.1, 0.15) is 59.3 Å². The Morgan fingerprint density at radius 2 is 1.82 bits per heavy atom.